The monoisotopic (exact) mass is 374 g/mol. The molecule has 3 N–H and O–H groups in total. The Morgan fingerprint density at radius 3 is 2.62 bits per heavy atom. The summed E-state index contributed by atoms with van der Waals surface area (Å²) in [5.41, 5.74) is 3.97. The third-order valence-corrected chi connectivity index (χ3v) is 5.15. The van der Waals surface area contributed by atoms with Crippen LogP contribution in [0.3, 0.4) is 0 Å². The van der Waals surface area contributed by atoms with Crippen LogP contribution in [-0.4, -0.2) is 48.8 Å². The van der Waals surface area contributed by atoms with Gasteiger partial charge in [-0.25, -0.2) is 4.68 Å². The molecular weight excluding hydrogens is 350 g/mol. The van der Waals surface area contributed by atoms with Crippen LogP contribution in [0.1, 0.15) is 16.8 Å². The fourth-order valence-corrected chi connectivity index (χ4v) is 3.72. The average molecular weight is 374 g/mol. The molecule has 1 aromatic carbocycles. The van der Waals surface area contributed by atoms with Crippen LogP contribution >= 0.6 is 11.8 Å². The van der Waals surface area contributed by atoms with Gasteiger partial charge in [0.1, 0.15) is 5.82 Å². The summed E-state index contributed by atoms with van der Waals surface area (Å²) in [7, 11) is 3.99. The van der Waals surface area contributed by atoms with Gasteiger partial charge in [-0.15, -0.1) is 0 Å². The summed E-state index contributed by atoms with van der Waals surface area (Å²) in [4.78, 5) is 25.6. The van der Waals surface area contributed by atoms with Crippen molar-refractivity contribution in [2.45, 2.75) is 18.4 Å². The molecule has 0 atom stereocenters. The molecule has 1 aromatic heterocycles. The van der Waals surface area contributed by atoms with E-state index in [1.807, 2.05) is 45.3 Å². The van der Waals surface area contributed by atoms with Gasteiger partial charge in [0.05, 0.1) is 38.6 Å². The number of fused-ring (bicyclic) bond motifs is 1. The second-order valence-corrected chi connectivity index (χ2v) is 7.67. The number of aromatic nitrogens is 2. The second kappa shape index (κ2) is 7.92. The number of amides is 2. The number of hydrogen-bond donors (Lipinski definition) is 3. The van der Waals surface area contributed by atoms with Crippen molar-refractivity contribution in [2.24, 2.45) is 0 Å². The largest absolute Gasteiger partial charge is 0.342 e. The molecule has 2 aromatic rings. The molecule has 0 spiro atoms. The number of carbonyl (C=O) groups is 2. The minimum Gasteiger partial charge on any atom is -0.342 e. The summed E-state index contributed by atoms with van der Waals surface area (Å²) in [6.07, 6.45) is 0. The lowest BCUT2D eigenvalue weighted by molar-refractivity contribution is -0.856. The van der Waals surface area contributed by atoms with Gasteiger partial charge in [0, 0.05) is 17.1 Å². The summed E-state index contributed by atoms with van der Waals surface area (Å²) in [5, 5.41) is 10.1. The molecule has 3 rings (SSSR count). The first-order chi connectivity index (χ1) is 12.5. The quantitative estimate of drug-likeness (QED) is 0.650. The molecule has 138 valence electrons. The molecule has 0 bridgehead atoms. The van der Waals surface area contributed by atoms with Gasteiger partial charge < -0.3 is 15.5 Å². The fourth-order valence-electron chi connectivity index (χ4n) is 2.68. The number of carbonyl (C=O) groups excluding carboxylic acids is 2. The molecule has 2 amide bonds. The van der Waals surface area contributed by atoms with Gasteiger partial charge in [-0.05, 0) is 19.1 Å². The molecule has 0 saturated heterocycles. The third kappa shape index (κ3) is 4.08. The van der Waals surface area contributed by atoms with E-state index in [-0.39, 0.29) is 0 Å². The highest BCUT2D eigenvalue weighted by Gasteiger charge is 2.26. The maximum absolute atomic E-state index is 12.3. The summed E-state index contributed by atoms with van der Waals surface area (Å²) in [6, 6.07) is 7.91. The Morgan fingerprint density at radius 1 is 1.19 bits per heavy atom. The first-order valence-corrected chi connectivity index (χ1v) is 9.75. The summed E-state index contributed by atoms with van der Waals surface area (Å²) in [5.74, 6) is 0.901. The van der Waals surface area contributed by atoms with Crippen LogP contribution in [0.25, 0.3) is 5.69 Å². The average Bonchev–Trinajstić information content (AvgIpc) is 3.18. The lowest BCUT2D eigenvalue weighted by Crippen LogP contribution is -3.06. The molecule has 1 aliphatic heterocycles. The molecule has 7 nitrogen and oxygen atoms in total. The second-order valence-electron chi connectivity index (χ2n) is 6.68. The topological polar surface area (TPSA) is 80.5 Å². The highest BCUT2D eigenvalue weighted by Crippen LogP contribution is 2.36. The maximum atomic E-state index is 12.3. The smallest absolute Gasteiger partial charge is 0.314 e. The number of anilines is 1. The van der Waals surface area contributed by atoms with E-state index < -0.39 is 11.8 Å². The SMILES string of the molecule is Cc1ccc(-n2nc3c(c2NC(=O)C(=O)NCC[NH+](C)C)CSC3)cc1. The fraction of sp³-hybridized carbons (Fsp3) is 0.389. The number of rotatable bonds is 5. The molecule has 2 heterocycles. The van der Waals surface area contributed by atoms with E-state index in [1.165, 1.54) is 4.90 Å². The van der Waals surface area contributed by atoms with Gasteiger partial charge in [0.25, 0.3) is 0 Å². The van der Waals surface area contributed by atoms with Crippen molar-refractivity contribution in [3.63, 3.8) is 0 Å². The minimum atomic E-state index is -0.660. The summed E-state index contributed by atoms with van der Waals surface area (Å²) < 4.78 is 1.72. The first kappa shape index (κ1) is 18.5. The molecule has 0 aliphatic carbocycles. The van der Waals surface area contributed by atoms with E-state index in [9.17, 15) is 9.59 Å². The Bertz CT molecular complexity index is 814. The van der Waals surface area contributed by atoms with E-state index in [0.29, 0.717) is 12.4 Å². The number of nitrogens with zero attached hydrogens (tertiary/aromatic N) is 2. The van der Waals surface area contributed by atoms with Gasteiger partial charge >= 0.3 is 11.8 Å². The van der Waals surface area contributed by atoms with Crippen LogP contribution in [0.5, 0.6) is 0 Å². The van der Waals surface area contributed by atoms with Crippen LogP contribution in [0.15, 0.2) is 24.3 Å². The minimum absolute atomic E-state index is 0.458. The number of hydrogen-bond acceptors (Lipinski definition) is 4. The van der Waals surface area contributed by atoms with E-state index in [1.54, 1.807) is 16.4 Å². The highest BCUT2D eigenvalue weighted by molar-refractivity contribution is 7.98. The zero-order chi connectivity index (χ0) is 18.7. The summed E-state index contributed by atoms with van der Waals surface area (Å²) >= 11 is 1.75. The van der Waals surface area contributed by atoms with E-state index in [0.717, 1.165) is 40.6 Å². The number of likely N-dealkylation sites (N-methyl/N-ethyl adjacent to an activating group) is 1. The number of quaternary nitrogens is 1. The van der Waals surface area contributed by atoms with Crippen molar-refractivity contribution in [1.29, 1.82) is 0 Å². The standard InChI is InChI=1S/C18H23N5O2S/c1-12-4-6-13(7-5-12)23-16(14-10-26-11-15(14)21-23)20-18(25)17(24)19-8-9-22(2)3/h4-7H,8-11H2,1-3H3,(H,19,24)(H,20,25)/p+1. The lowest BCUT2D eigenvalue weighted by Gasteiger charge is -2.12. The number of nitrogens with one attached hydrogen (secondary N) is 3. The Kier molecular flexibility index (Phi) is 5.63. The maximum Gasteiger partial charge on any atom is 0.314 e. The number of aryl methyl sites for hydroxylation is 1. The molecule has 26 heavy (non-hydrogen) atoms. The predicted molar refractivity (Wildman–Crippen MR) is 103 cm³/mol. The molecule has 0 saturated carbocycles. The van der Waals surface area contributed by atoms with Crippen molar-refractivity contribution in [3.05, 3.63) is 41.1 Å². The third-order valence-electron chi connectivity index (χ3n) is 4.18. The zero-order valence-electron chi connectivity index (χ0n) is 15.3. The van der Waals surface area contributed by atoms with Crippen molar-refractivity contribution >= 4 is 29.4 Å². The Labute approximate surface area is 157 Å². The predicted octanol–water partition coefficient (Wildman–Crippen LogP) is 0.127. The number of thioether (sulfide) groups is 1. The van der Waals surface area contributed by atoms with E-state index >= 15 is 0 Å². The molecule has 1 aliphatic rings. The molecule has 8 heteroatoms. The van der Waals surface area contributed by atoms with Crippen LogP contribution in [0.2, 0.25) is 0 Å². The molecule has 0 radical (unpaired) electrons. The molecule has 0 unspecified atom stereocenters. The van der Waals surface area contributed by atoms with Gasteiger partial charge in [-0.1, -0.05) is 17.7 Å². The Hall–Kier alpha value is -2.32. The van der Waals surface area contributed by atoms with E-state index in [2.05, 4.69) is 15.7 Å². The number of benzene rings is 1. The normalized spacial score (nSPS) is 12.9. The van der Waals surface area contributed by atoms with Gasteiger partial charge in [-0.3, -0.25) is 9.59 Å². The summed E-state index contributed by atoms with van der Waals surface area (Å²) in [6.45, 7) is 3.23. The van der Waals surface area contributed by atoms with Crippen molar-refractivity contribution in [2.75, 3.05) is 32.5 Å². The lowest BCUT2D eigenvalue weighted by atomic mass is 10.2. The van der Waals surface area contributed by atoms with Crippen LogP contribution in [0, 0.1) is 6.92 Å². The van der Waals surface area contributed by atoms with Crippen LogP contribution in [0.4, 0.5) is 5.82 Å². The van der Waals surface area contributed by atoms with Crippen molar-refractivity contribution in [1.82, 2.24) is 15.1 Å². The zero-order valence-corrected chi connectivity index (χ0v) is 16.1. The molecular formula is C18H24N5O2S+. The van der Waals surface area contributed by atoms with Crippen molar-refractivity contribution < 1.29 is 14.5 Å². The van der Waals surface area contributed by atoms with Crippen LogP contribution < -0.4 is 15.5 Å². The Morgan fingerprint density at radius 2 is 1.92 bits per heavy atom. The van der Waals surface area contributed by atoms with Crippen molar-refractivity contribution in [3.8, 4) is 5.69 Å². The van der Waals surface area contributed by atoms with E-state index in [4.69, 9.17) is 0 Å². The molecule has 0 fully saturated rings. The van der Waals surface area contributed by atoms with Crippen LogP contribution in [-0.2, 0) is 21.1 Å². The Balaban J connectivity index is 1.79. The van der Waals surface area contributed by atoms with Gasteiger partial charge in [-0.2, -0.15) is 16.9 Å². The van der Waals surface area contributed by atoms with Gasteiger partial charge in [0.15, 0.2) is 0 Å². The van der Waals surface area contributed by atoms with Gasteiger partial charge in [0.2, 0.25) is 0 Å². The highest BCUT2D eigenvalue weighted by atomic mass is 32.2. The first-order valence-electron chi connectivity index (χ1n) is 8.59.